The van der Waals surface area contributed by atoms with Crippen LogP contribution < -0.4 is 15.9 Å². The van der Waals surface area contributed by atoms with Crippen LogP contribution in [0.5, 0.6) is 0 Å². The Morgan fingerprint density at radius 1 is 1.18 bits per heavy atom. The van der Waals surface area contributed by atoms with Crippen molar-refractivity contribution in [2.75, 3.05) is 12.4 Å². The number of nitrogens with zero attached hydrogens (tertiary/aromatic N) is 5. The summed E-state index contributed by atoms with van der Waals surface area (Å²) in [5, 5.41) is 10.1. The van der Waals surface area contributed by atoms with E-state index >= 15 is 4.39 Å². The minimum Gasteiger partial charge on any atom is -0.324 e. The predicted molar refractivity (Wildman–Crippen MR) is 177 cm³/mol. The van der Waals surface area contributed by atoms with E-state index in [0.717, 1.165) is 16.0 Å². The monoisotopic (exact) mass is 620 g/mol. The van der Waals surface area contributed by atoms with Gasteiger partial charge >= 0.3 is 0 Å². The van der Waals surface area contributed by atoms with E-state index in [1.54, 1.807) is 36.6 Å². The lowest BCUT2D eigenvalue weighted by molar-refractivity contribution is -0.115. The van der Waals surface area contributed by atoms with Gasteiger partial charge in [-0.25, -0.2) is 14.4 Å². The summed E-state index contributed by atoms with van der Waals surface area (Å²) in [5.41, 5.74) is 3.54. The number of aliphatic imine (C=N–C) groups is 1. The molecule has 0 spiro atoms. The first-order valence-electron chi connectivity index (χ1n) is 13.8. The molecule has 5 aromatic rings. The maximum Gasteiger partial charge on any atom is 0.228 e. The molecule has 0 fully saturated rings. The molecule has 0 radical (unpaired) electrons. The number of pyridine rings is 2. The number of allylic oxidation sites excluding steroid dienone is 4. The summed E-state index contributed by atoms with van der Waals surface area (Å²) in [6.07, 6.45) is 11.8. The number of hydrogen-bond acceptors (Lipinski definition) is 8. The molecule has 5 rings (SSSR count). The Labute approximate surface area is 261 Å². The van der Waals surface area contributed by atoms with E-state index in [4.69, 9.17) is 4.98 Å². The van der Waals surface area contributed by atoms with Gasteiger partial charge in [-0.1, -0.05) is 43.0 Å². The van der Waals surface area contributed by atoms with Crippen LogP contribution in [0.1, 0.15) is 35.5 Å². The van der Waals surface area contributed by atoms with Crippen LogP contribution in [0.4, 0.5) is 10.1 Å². The second-order valence-electron chi connectivity index (χ2n) is 9.99. The molecule has 0 aromatic carbocycles. The molecule has 3 N–H and O–H groups in total. The Morgan fingerprint density at radius 2 is 2.00 bits per heavy atom. The summed E-state index contributed by atoms with van der Waals surface area (Å²) in [7, 11) is 1.46. The summed E-state index contributed by atoms with van der Waals surface area (Å²) < 4.78 is 16.4. The Hall–Kier alpha value is -5.62. The largest absolute Gasteiger partial charge is 0.324 e. The molecule has 12 heteroatoms. The number of Topliss-reactive ketones (excluding diaryl/α,β-unsaturated/α-hetero) is 1. The van der Waals surface area contributed by atoms with Crippen LogP contribution in [0.2, 0.25) is 0 Å². The Balaban J connectivity index is 1.50. The van der Waals surface area contributed by atoms with Gasteiger partial charge in [0.25, 0.3) is 0 Å². The van der Waals surface area contributed by atoms with Crippen LogP contribution >= 0.6 is 11.3 Å². The number of aromatic amines is 2. The van der Waals surface area contributed by atoms with Crippen molar-refractivity contribution >= 4 is 58.0 Å². The molecule has 0 aliphatic carbocycles. The van der Waals surface area contributed by atoms with E-state index in [-0.39, 0.29) is 45.9 Å². The summed E-state index contributed by atoms with van der Waals surface area (Å²) >= 11 is 1.36. The first-order chi connectivity index (χ1) is 21.7. The number of carbonyl (C=O) groups is 2. The number of anilines is 1. The molecule has 10 nitrogen and oxygen atoms in total. The van der Waals surface area contributed by atoms with E-state index in [1.807, 2.05) is 25.1 Å². The zero-order valence-electron chi connectivity index (χ0n) is 24.8. The number of imidazole rings is 1. The second-order valence-corrected chi connectivity index (χ2v) is 11.1. The first kappa shape index (κ1) is 30.8. The van der Waals surface area contributed by atoms with E-state index in [2.05, 4.69) is 48.6 Å². The molecule has 5 heterocycles. The van der Waals surface area contributed by atoms with Gasteiger partial charge in [0, 0.05) is 41.9 Å². The fraction of sp³-hybridized carbons (Fsp3) is 0.121. The fourth-order valence-corrected chi connectivity index (χ4v) is 5.53. The van der Waals surface area contributed by atoms with Crippen molar-refractivity contribution in [2.45, 2.75) is 20.3 Å². The lowest BCUT2D eigenvalue weighted by Crippen LogP contribution is -2.27. The highest BCUT2D eigenvalue weighted by molar-refractivity contribution is 7.17. The van der Waals surface area contributed by atoms with Gasteiger partial charge < -0.3 is 10.3 Å². The molecule has 1 amide bonds. The molecule has 45 heavy (non-hydrogen) atoms. The number of thiophene rings is 1. The van der Waals surface area contributed by atoms with E-state index in [9.17, 15) is 9.59 Å². The van der Waals surface area contributed by atoms with Crippen LogP contribution in [0, 0.1) is 0 Å². The third-order valence-electron chi connectivity index (χ3n) is 6.68. The van der Waals surface area contributed by atoms with Crippen molar-refractivity contribution in [3.05, 3.63) is 100 Å². The molecule has 0 saturated carbocycles. The first-order valence-corrected chi connectivity index (χ1v) is 14.6. The van der Waals surface area contributed by atoms with Gasteiger partial charge in [0.2, 0.25) is 5.91 Å². The molecule has 226 valence electrons. The normalized spacial score (nSPS) is 13.0. The smallest absolute Gasteiger partial charge is 0.228 e. The van der Waals surface area contributed by atoms with Gasteiger partial charge in [0.1, 0.15) is 16.9 Å². The highest BCUT2D eigenvalue weighted by Gasteiger charge is 2.20. The maximum atomic E-state index is 16.4. The molecule has 5 aromatic heterocycles. The third kappa shape index (κ3) is 6.65. The van der Waals surface area contributed by atoms with Gasteiger partial charge in [0.05, 0.1) is 27.3 Å². The van der Waals surface area contributed by atoms with Gasteiger partial charge in [-0.15, -0.1) is 11.3 Å². The third-order valence-corrected chi connectivity index (χ3v) is 7.90. The van der Waals surface area contributed by atoms with Crippen molar-refractivity contribution < 1.29 is 14.0 Å². The van der Waals surface area contributed by atoms with Crippen molar-refractivity contribution in [2.24, 2.45) is 4.99 Å². The number of halogens is 1. The van der Waals surface area contributed by atoms with Crippen molar-refractivity contribution in [1.82, 2.24) is 30.1 Å². The van der Waals surface area contributed by atoms with Crippen LogP contribution in [-0.2, 0) is 4.79 Å². The standard InChI is InChI=1S/C33H29FN8O2S/c1-6-7-8-9-18(2)14-26(44)38-22-15-21(16-36-17-22)29(35-5)28(34)27-19(3)41-42-31(27)33-39-30-23(12-13-37-32(30)40-33)25-11-10-24(45-25)20(4)43/h6-13,15-17,41H,1,3,14H2,2,4-5H3,(H,38,44)(H,37,39,40)/b8-7-,18-9+,28-27-,35-29-. The molecular weight excluding hydrogens is 591 g/mol. The van der Waals surface area contributed by atoms with E-state index < -0.39 is 5.83 Å². The lowest BCUT2D eigenvalue weighted by Gasteiger charge is -2.08. The van der Waals surface area contributed by atoms with Crippen LogP contribution in [0.25, 0.3) is 45.5 Å². The van der Waals surface area contributed by atoms with Gasteiger partial charge in [-0.3, -0.25) is 24.7 Å². The molecule has 0 aliphatic heterocycles. The average Bonchev–Trinajstić information content (AvgIpc) is 3.76. The van der Waals surface area contributed by atoms with Gasteiger partial charge in [-0.05, 0) is 38.1 Å². The number of ketones is 1. The Morgan fingerprint density at radius 3 is 2.73 bits per heavy atom. The molecular formula is C33H29FN8O2S. The number of amides is 1. The zero-order valence-corrected chi connectivity index (χ0v) is 25.6. The summed E-state index contributed by atoms with van der Waals surface area (Å²) in [6.45, 7) is 10.9. The zero-order chi connectivity index (χ0) is 32.1. The lowest BCUT2D eigenvalue weighted by atomic mass is 10.1. The second kappa shape index (κ2) is 13.3. The number of fused-ring (bicyclic) bond motifs is 1. The minimum absolute atomic E-state index is 0.0120. The minimum atomic E-state index is -0.706. The Kier molecular flexibility index (Phi) is 9.14. The van der Waals surface area contributed by atoms with Gasteiger partial charge in [0.15, 0.2) is 23.1 Å². The SMILES string of the molecule is C=C/C=C\C=C(/C)CC(=O)Nc1cncc(C(=N/C)/C(F)=c2/c(-c3nc4c(-c5ccc(C(C)=O)s5)ccnc4[nH]3)n[nH]c2=C)c1. The van der Waals surface area contributed by atoms with Gasteiger partial charge in [-0.2, -0.15) is 5.10 Å². The number of H-pyrrole nitrogens is 2. The number of rotatable bonds is 10. The van der Waals surface area contributed by atoms with Crippen molar-refractivity contribution in [3.8, 4) is 22.0 Å². The highest BCUT2D eigenvalue weighted by atomic mass is 32.1. The average molecular weight is 621 g/mol. The topological polar surface area (TPSA) is 142 Å². The highest BCUT2D eigenvalue weighted by Crippen LogP contribution is 2.33. The molecule has 0 aliphatic rings. The summed E-state index contributed by atoms with van der Waals surface area (Å²) in [5.74, 6) is -0.706. The number of hydrogen-bond donors (Lipinski definition) is 3. The van der Waals surface area contributed by atoms with Crippen molar-refractivity contribution in [3.63, 3.8) is 0 Å². The molecule has 0 unspecified atom stereocenters. The summed E-state index contributed by atoms with van der Waals surface area (Å²) in [6, 6.07) is 7.04. The number of carbonyl (C=O) groups excluding carboxylic acids is 2. The quantitative estimate of drug-likeness (QED) is 0.110. The van der Waals surface area contributed by atoms with E-state index in [0.29, 0.717) is 27.3 Å². The summed E-state index contributed by atoms with van der Waals surface area (Å²) in [4.78, 5) is 46.6. The molecule has 0 atom stereocenters. The number of nitrogens with one attached hydrogen (secondary N) is 3. The Bertz CT molecular complexity index is 2150. The van der Waals surface area contributed by atoms with E-state index in [1.165, 1.54) is 37.7 Å². The van der Waals surface area contributed by atoms with Crippen LogP contribution in [0.15, 0.2) is 84.3 Å². The molecule has 0 saturated heterocycles. The van der Waals surface area contributed by atoms with Crippen molar-refractivity contribution in [1.29, 1.82) is 0 Å². The number of aromatic nitrogens is 6. The fourth-order valence-electron chi connectivity index (χ4n) is 4.61. The molecule has 0 bridgehead atoms. The predicted octanol–water partition coefficient (Wildman–Crippen LogP) is 5.30. The maximum absolute atomic E-state index is 16.4. The van der Waals surface area contributed by atoms with Crippen LogP contribution in [0.3, 0.4) is 0 Å². The van der Waals surface area contributed by atoms with Crippen LogP contribution in [-0.4, -0.2) is 54.6 Å².